The van der Waals surface area contributed by atoms with Crippen LogP contribution >= 0.6 is 23.2 Å². The van der Waals surface area contributed by atoms with Crippen molar-refractivity contribution >= 4 is 33.3 Å². The van der Waals surface area contributed by atoms with Gasteiger partial charge in [-0.15, -0.1) is 0 Å². The van der Waals surface area contributed by atoms with Crippen LogP contribution in [-0.4, -0.2) is 30.3 Å². The smallest absolute Gasteiger partial charge is 0.264 e. The van der Waals surface area contributed by atoms with E-state index in [0.29, 0.717) is 29.4 Å². The van der Waals surface area contributed by atoms with Crippen molar-refractivity contribution in [2.45, 2.75) is 25.5 Å². The molecule has 5 nitrogen and oxygen atoms in total. The predicted octanol–water partition coefficient (Wildman–Crippen LogP) is 3.17. The van der Waals surface area contributed by atoms with Gasteiger partial charge in [-0.05, 0) is 30.5 Å². The molecule has 0 aliphatic carbocycles. The highest BCUT2D eigenvalue weighted by Crippen LogP contribution is 2.23. The van der Waals surface area contributed by atoms with Crippen LogP contribution in [0.25, 0.3) is 0 Å². The largest absolute Gasteiger partial charge is 0.335 e. The minimum Gasteiger partial charge on any atom is -0.335 e. The Morgan fingerprint density at radius 2 is 2.14 bits per heavy atom. The molecule has 1 atom stereocenters. The number of imidazole rings is 1. The van der Waals surface area contributed by atoms with E-state index in [2.05, 4.69) is 4.98 Å². The maximum Gasteiger partial charge on any atom is 0.264 e. The summed E-state index contributed by atoms with van der Waals surface area (Å²) >= 11 is 12.0. The SMILES string of the molecule is CS(=O)(=O)OC(CCc1ccc(Cl)cc1Cl)Cn1ccnc1. The molecular formula is C14H16Cl2N2O3S. The van der Waals surface area contributed by atoms with Crippen LogP contribution in [0.2, 0.25) is 10.0 Å². The second-order valence-corrected chi connectivity index (χ2v) is 7.40. The Morgan fingerprint density at radius 1 is 1.36 bits per heavy atom. The number of hydrogen-bond acceptors (Lipinski definition) is 4. The van der Waals surface area contributed by atoms with E-state index in [-0.39, 0.29) is 0 Å². The number of aromatic nitrogens is 2. The van der Waals surface area contributed by atoms with E-state index in [1.807, 2.05) is 6.07 Å². The lowest BCUT2D eigenvalue weighted by Gasteiger charge is -2.17. The summed E-state index contributed by atoms with van der Waals surface area (Å²) in [7, 11) is -3.54. The summed E-state index contributed by atoms with van der Waals surface area (Å²) in [6.07, 6.45) is 6.66. The number of benzene rings is 1. The average molecular weight is 363 g/mol. The fourth-order valence-corrected chi connectivity index (χ4v) is 3.24. The van der Waals surface area contributed by atoms with Crippen LogP contribution in [0.4, 0.5) is 0 Å². The Hall–Kier alpha value is -1.08. The van der Waals surface area contributed by atoms with E-state index in [1.165, 1.54) is 0 Å². The molecule has 1 aromatic carbocycles. The molecule has 0 saturated heterocycles. The molecule has 1 heterocycles. The van der Waals surface area contributed by atoms with Crippen molar-refractivity contribution in [3.8, 4) is 0 Å². The molecule has 0 radical (unpaired) electrons. The van der Waals surface area contributed by atoms with E-state index in [0.717, 1.165) is 11.8 Å². The van der Waals surface area contributed by atoms with Crippen LogP contribution in [0.5, 0.6) is 0 Å². The van der Waals surface area contributed by atoms with Crippen molar-refractivity contribution in [1.82, 2.24) is 9.55 Å². The Morgan fingerprint density at radius 3 is 2.73 bits per heavy atom. The number of hydrogen-bond donors (Lipinski definition) is 0. The summed E-state index contributed by atoms with van der Waals surface area (Å²) in [6, 6.07) is 5.26. The molecule has 0 amide bonds. The van der Waals surface area contributed by atoms with E-state index >= 15 is 0 Å². The van der Waals surface area contributed by atoms with E-state index in [1.54, 1.807) is 35.4 Å². The third kappa shape index (κ3) is 5.61. The maximum absolute atomic E-state index is 11.4. The van der Waals surface area contributed by atoms with E-state index < -0.39 is 16.2 Å². The molecule has 0 aliphatic heterocycles. The van der Waals surface area contributed by atoms with Gasteiger partial charge in [0.15, 0.2) is 0 Å². The topological polar surface area (TPSA) is 61.2 Å². The van der Waals surface area contributed by atoms with Gasteiger partial charge < -0.3 is 4.57 Å². The fraction of sp³-hybridized carbons (Fsp3) is 0.357. The second kappa shape index (κ2) is 7.46. The third-order valence-electron chi connectivity index (χ3n) is 3.04. The van der Waals surface area contributed by atoms with Gasteiger partial charge in [0.25, 0.3) is 10.1 Å². The van der Waals surface area contributed by atoms with Gasteiger partial charge in [0.05, 0.1) is 25.2 Å². The summed E-state index contributed by atoms with van der Waals surface area (Å²) in [6.45, 7) is 0.401. The molecule has 1 unspecified atom stereocenters. The highest BCUT2D eigenvalue weighted by molar-refractivity contribution is 7.86. The fourth-order valence-electron chi connectivity index (χ4n) is 2.09. The Balaban J connectivity index is 2.05. The van der Waals surface area contributed by atoms with Crippen LogP contribution < -0.4 is 0 Å². The van der Waals surface area contributed by atoms with Gasteiger partial charge >= 0.3 is 0 Å². The van der Waals surface area contributed by atoms with Crippen LogP contribution in [0.3, 0.4) is 0 Å². The van der Waals surface area contributed by atoms with Gasteiger partial charge in [-0.3, -0.25) is 4.18 Å². The first-order valence-corrected chi connectivity index (χ1v) is 9.18. The van der Waals surface area contributed by atoms with Crippen molar-refractivity contribution < 1.29 is 12.6 Å². The zero-order chi connectivity index (χ0) is 16.2. The van der Waals surface area contributed by atoms with Gasteiger partial charge in [0, 0.05) is 22.4 Å². The number of aryl methyl sites for hydroxylation is 1. The van der Waals surface area contributed by atoms with Gasteiger partial charge in [-0.25, -0.2) is 4.98 Å². The molecule has 22 heavy (non-hydrogen) atoms. The first-order chi connectivity index (χ1) is 10.3. The van der Waals surface area contributed by atoms with Crippen LogP contribution in [0.1, 0.15) is 12.0 Å². The lowest BCUT2D eigenvalue weighted by atomic mass is 10.1. The molecular weight excluding hydrogens is 347 g/mol. The molecule has 120 valence electrons. The average Bonchev–Trinajstić information content (AvgIpc) is 2.88. The molecule has 8 heteroatoms. The second-order valence-electron chi connectivity index (χ2n) is 4.96. The predicted molar refractivity (Wildman–Crippen MR) is 86.7 cm³/mol. The molecule has 2 rings (SSSR count). The molecule has 2 aromatic rings. The van der Waals surface area contributed by atoms with Gasteiger partial charge in [-0.2, -0.15) is 8.42 Å². The molecule has 0 aliphatic rings. The quantitative estimate of drug-likeness (QED) is 0.709. The summed E-state index contributed by atoms with van der Waals surface area (Å²) in [5, 5.41) is 1.13. The van der Waals surface area contributed by atoms with Gasteiger partial charge in [0.1, 0.15) is 0 Å². The maximum atomic E-state index is 11.4. The van der Waals surface area contributed by atoms with Crippen molar-refractivity contribution in [3.05, 3.63) is 52.5 Å². The first kappa shape index (κ1) is 17.3. The lowest BCUT2D eigenvalue weighted by Crippen LogP contribution is -2.23. The van der Waals surface area contributed by atoms with E-state index in [4.69, 9.17) is 27.4 Å². The minimum absolute atomic E-state index is 0.401. The molecule has 0 saturated carbocycles. The molecule has 0 spiro atoms. The van der Waals surface area contributed by atoms with E-state index in [9.17, 15) is 8.42 Å². The number of halogens is 2. The molecule has 0 bridgehead atoms. The minimum atomic E-state index is -3.54. The monoisotopic (exact) mass is 362 g/mol. The zero-order valence-electron chi connectivity index (χ0n) is 11.9. The normalized spacial score (nSPS) is 13.2. The van der Waals surface area contributed by atoms with Crippen molar-refractivity contribution in [1.29, 1.82) is 0 Å². The summed E-state index contributed by atoms with van der Waals surface area (Å²) in [5.41, 5.74) is 0.902. The highest BCUT2D eigenvalue weighted by Gasteiger charge is 2.17. The summed E-state index contributed by atoms with van der Waals surface area (Å²) < 4.78 is 29.7. The highest BCUT2D eigenvalue weighted by atomic mass is 35.5. The summed E-state index contributed by atoms with van der Waals surface area (Å²) in [5.74, 6) is 0. The van der Waals surface area contributed by atoms with Crippen molar-refractivity contribution in [2.24, 2.45) is 0 Å². The standard InChI is InChI=1S/C14H16Cl2N2O3S/c1-22(19,20)21-13(9-18-7-6-17-10-18)5-3-11-2-4-12(15)8-14(11)16/h2,4,6-8,10,13H,3,5,9H2,1H3. The van der Waals surface area contributed by atoms with Crippen LogP contribution in [0.15, 0.2) is 36.9 Å². The molecule has 0 N–H and O–H groups in total. The summed E-state index contributed by atoms with van der Waals surface area (Å²) in [4.78, 5) is 3.94. The zero-order valence-corrected chi connectivity index (χ0v) is 14.3. The lowest BCUT2D eigenvalue weighted by molar-refractivity contribution is 0.180. The number of rotatable bonds is 7. The van der Waals surface area contributed by atoms with Crippen molar-refractivity contribution in [3.63, 3.8) is 0 Å². The first-order valence-electron chi connectivity index (χ1n) is 6.61. The van der Waals surface area contributed by atoms with Crippen molar-refractivity contribution in [2.75, 3.05) is 6.26 Å². The Labute approximate surface area is 140 Å². The molecule has 1 aromatic heterocycles. The van der Waals surface area contributed by atoms with Gasteiger partial charge in [0.2, 0.25) is 0 Å². The van der Waals surface area contributed by atoms with Crippen LogP contribution in [-0.2, 0) is 27.3 Å². The Kier molecular flexibility index (Phi) is 5.86. The Bertz CT molecular complexity index is 718. The number of nitrogens with zero attached hydrogens (tertiary/aromatic N) is 2. The third-order valence-corrected chi connectivity index (χ3v) is 4.24. The molecule has 0 fully saturated rings. The van der Waals surface area contributed by atoms with Gasteiger partial charge in [-0.1, -0.05) is 29.3 Å². The van der Waals surface area contributed by atoms with Crippen LogP contribution in [0, 0.1) is 0 Å².